The highest BCUT2D eigenvalue weighted by Crippen LogP contribution is 2.33. The number of carbonyl (C=O) groups is 1. The Kier molecular flexibility index (Phi) is 6.75. The second-order valence-electron chi connectivity index (χ2n) is 7.13. The molecule has 4 rings (SSSR count). The molecule has 1 heterocycles. The first-order valence-corrected chi connectivity index (χ1v) is 10.9. The molecule has 166 valence electrons. The van der Waals surface area contributed by atoms with Gasteiger partial charge < -0.3 is 14.5 Å². The number of carbonyl (C=O) groups excluding carboxylic acids is 1. The van der Waals surface area contributed by atoms with E-state index in [0.29, 0.717) is 22.8 Å². The molecule has 0 spiro atoms. The van der Waals surface area contributed by atoms with E-state index in [2.05, 4.69) is 5.32 Å². The number of ether oxygens (including phenoxy) is 1. The van der Waals surface area contributed by atoms with Gasteiger partial charge in [0.25, 0.3) is 11.6 Å². The third-order valence-corrected chi connectivity index (χ3v) is 5.82. The van der Waals surface area contributed by atoms with Gasteiger partial charge in [0.15, 0.2) is 5.76 Å². The van der Waals surface area contributed by atoms with Crippen molar-refractivity contribution in [1.29, 1.82) is 0 Å². The summed E-state index contributed by atoms with van der Waals surface area (Å²) in [5.74, 6) is 0.733. The molecule has 1 aromatic heterocycles. The molecule has 0 aliphatic heterocycles. The highest BCUT2D eigenvalue weighted by molar-refractivity contribution is 7.99. The minimum absolute atomic E-state index is 0.0324. The average molecular weight is 461 g/mol. The smallest absolute Gasteiger partial charge is 0.291 e. The summed E-state index contributed by atoms with van der Waals surface area (Å²) >= 11 is 1.56. The minimum Gasteiger partial charge on any atom is -0.486 e. The van der Waals surface area contributed by atoms with Crippen LogP contribution in [0.5, 0.6) is 5.75 Å². The van der Waals surface area contributed by atoms with Gasteiger partial charge in [-0.2, -0.15) is 0 Å². The third kappa shape index (κ3) is 5.61. The van der Waals surface area contributed by atoms with E-state index in [9.17, 15) is 14.9 Å². The molecule has 0 bridgehead atoms. The number of para-hydroxylation sites is 1. The molecule has 0 atom stereocenters. The molecule has 0 unspecified atom stereocenters. The topological polar surface area (TPSA) is 94.6 Å². The summed E-state index contributed by atoms with van der Waals surface area (Å²) in [5.41, 5.74) is 1.22. The molecule has 0 aliphatic carbocycles. The van der Waals surface area contributed by atoms with Crippen molar-refractivity contribution in [2.75, 3.05) is 5.32 Å². The summed E-state index contributed by atoms with van der Waals surface area (Å²) in [5, 5.41) is 13.8. The first kappa shape index (κ1) is 22.2. The number of nitrogens with zero attached hydrogens (tertiary/aromatic N) is 1. The number of benzene rings is 3. The molecular weight excluding hydrogens is 440 g/mol. The van der Waals surface area contributed by atoms with Crippen LogP contribution in [-0.4, -0.2) is 10.8 Å². The Morgan fingerprint density at radius 2 is 1.79 bits per heavy atom. The number of rotatable bonds is 8. The second-order valence-corrected chi connectivity index (χ2v) is 8.24. The summed E-state index contributed by atoms with van der Waals surface area (Å²) in [4.78, 5) is 25.2. The lowest BCUT2D eigenvalue weighted by Crippen LogP contribution is -2.11. The van der Waals surface area contributed by atoms with E-state index in [0.717, 1.165) is 9.79 Å². The maximum atomic E-state index is 12.7. The molecule has 0 radical (unpaired) electrons. The fourth-order valence-electron chi connectivity index (χ4n) is 3.11. The number of anilines is 1. The number of aryl methyl sites for hydroxylation is 1. The van der Waals surface area contributed by atoms with Crippen LogP contribution in [0.3, 0.4) is 0 Å². The Hall–Kier alpha value is -4.04. The first-order chi connectivity index (χ1) is 16.0. The molecule has 33 heavy (non-hydrogen) atoms. The van der Waals surface area contributed by atoms with Crippen LogP contribution < -0.4 is 10.1 Å². The van der Waals surface area contributed by atoms with Gasteiger partial charge in [-0.25, -0.2) is 0 Å². The molecule has 0 saturated carbocycles. The van der Waals surface area contributed by atoms with Gasteiger partial charge in [-0.3, -0.25) is 14.9 Å². The van der Waals surface area contributed by atoms with Crippen molar-refractivity contribution in [3.05, 3.63) is 112 Å². The summed E-state index contributed by atoms with van der Waals surface area (Å²) < 4.78 is 11.3. The lowest BCUT2D eigenvalue weighted by atomic mass is 10.2. The number of furan rings is 1. The molecule has 7 nitrogen and oxygen atoms in total. The Morgan fingerprint density at radius 3 is 2.55 bits per heavy atom. The number of hydrogen-bond donors (Lipinski definition) is 1. The molecule has 4 aromatic rings. The Balaban J connectivity index is 1.40. The van der Waals surface area contributed by atoms with Crippen LogP contribution in [0, 0.1) is 17.0 Å². The molecule has 8 heteroatoms. The summed E-state index contributed by atoms with van der Waals surface area (Å²) in [6, 6.07) is 25.2. The second kappa shape index (κ2) is 10.1. The Labute approximate surface area is 194 Å². The largest absolute Gasteiger partial charge is 0.486 e. The zero-order valence-electron chi connectivity index (χ0n) is 17.7. The number of hydrogen-bond acceptors (Lipinski definition) is 6. The van der Waals surface area contributed by atoms with Crippen molar-refractivity contribution in [2.24, 2.45) is 0 Å². The highest BCUT2D eigenvalue weighted by atomic mass is 32.2. The van der Waals surface area contributed by atoms with Gasteiger partial charge in [0.05, 0.1) is 10.6 Å². The van der Waals surface area contributed by atoms with E-state index in [4.69, 9.17) is 9.15 Å². The van der Waals surface area contributed by atoms with Crippen molar-refractivity contribution in [2.45, 2.75) is 23.3 Å². The highest BCUT2D eigenvalue weighted by Gasteiger charge is 2.15. The van der Waals surface area contributed by atoms with Crippen LogP contribution in [0.1, 0.15) is 21.9 Å². The Bertz CT molecular complexity index is 1290. The summed E-state index contributed by atoms with van der Waals surface area (Å²) in [7, 11) is 0. The molecule has 0 aliphatic rings. The average Bonchev–Trinajstić information content (AvgIpc) is 3.29. The van der Waals surface area contributed by atoms with E-state index in [-0.39, 0.29) is 24.0 Å². The lowest BCUT2D eigenvalue weighted by Gasteiger charge is -2.10. The standard InChI is InChI=1S/C25H20N2O5S/c1-17-15-18(11-13-22(17)27(29)30)31-16-19-12-14-23(32-19)25(28)26-21-9-5-6-10-24(21)33-20-7-3-2-4-8-20/h2-15H,16H2,1H3,(H,26,28). The third-order valence-electron chi connectivity index (χ3n) is 4.74. The van der Waals surface area contributed by atoms with Crippen LogP contribution >= 0.6 is 11.8 Å². The predicted molar refractivity (Wildman–Crippen MR) is 126 cm³/mol. The van der Waals surface area contributed by atoms with Gasteiger partial charge in [0, 0.05) is 21.4 Å². The summed E-state index contributed by atoms with van der Waals surface area (Å²) in [6.07, 6.45) is 0. The van der Waals surface area contributed by atoms with Crippen LogP contribution in [0.15, 0.2) is 99.1 Å². The normalized spacial score (nSPS) is 10.6. The van der Waals surface area contributed by atoms with Gasteiger partial charge >= 0.3 is 0 Å². The van der Waals surface area contributed by atoms with Crippen LogP contribution in [0.2, 0.25) is 0 Å². The monoisotopic (exact) mass is 460 g/mol. The van der Waals surface area contributed by atoms with E-state index in [1.54, 1.807) is 36.9 Å². The van der Waals surface area contributed by atoms with Gasteiger partial charge in [-0.15, -0.1) is 0 Å². The minimum atomic E-state index is -0.437. The number of nitro groups is 1. The van der Waals surface area contributed by atoms with Crippen LogP contribution in [0.25, 0.3) is 0 Å². The summed E-state index contributed by atoms with van der Waals surface area (Å²) in [6.45, 7) is 1.74. The lowest BCUT2D eigenvalue weighted by molar-refractivity contribution is -0.385. The van der Waals surface area contributed by atoms with Crippen molar-refractivity contribution >= 4 is 29.0 Å². The molecular formula is C25H20N2O5S. The number of nitro benzene ring substituents is 1. The maximum absolute atomic E-state index is 12.7. The first-order valence-electron chi connectivity index (χ1n) is 10.1. The van der Waals surface area contributed by atoms with Gasteiger partial charge in [-0.05, 0) is 55.5 Å². The van der Waals surface area contributed by atoms with Crippen molar-refractivity contribution in [1.82, 2.24) is 0 Å². The Morgan fingerprint density at radius 1 is 1.03 bits per heavy atom. The van der Waals surface area contributed by atoms with E-state index in [1.807, 2.05) is 54.6 Å². The quantitative estimate of drug-likeness (QED) is 0.239. The maximum Gasteiger partial charge on any atom is 0.291 e. The van der Waals surface area contributed by atoms with Crippen molar-refractivity contribution < 1.29 is 18.9 Å². The van der Waals surface area contributed by atoms with Crippen LogP contribution in [-0.2, 0) is 6.61 Å². The van der Waals surface area contributed by atoms with Crippen molar-refractivity contribution in [3.8, 4) is 5.75 Å². The zero-order chi connectivity index (χ0) is 23.2. The molecule has 0 saturated heterocycles. The molecule has 1 amide bonds. The van der Waals surface area contributed by atoms with Gasteiger partial charge in [-0.1, -0.05) is 42.1 Å². The van der Waals surface area contributed by atoms with E-state index >= 15 is 0 Å². The van der Waals surface area contributed by atoms with Gasteiger partial charge in [0.1, 0.15) is 18.1 Å². The van der Waals surface area contributed by atoms with Gasteiger partial charge in [0.2, 0.25) is 0 Å². The van der Waals surface area contributed by atoms with E-state index in [1.165, 1.54) is 12.1 Å². The zero-order valence-corrected chi connectivity index (χ0v) is 18.5. The molecule has 3 aromatic carbocycles. The number of nitrogens with one attached hydrogen (secondary N) is 1. The molecule has 1 N–H and O–H groups in total. The predicted octanol–water partition coefficient (Wildman–Crippen LogP) is 6.48. The number of amides is 1. The fraction of sp³-hybridized carbons (Fsp3) is 0.0800. The SMILES string of the molecule is Cc1cc(OCc2ccc(C(=O)Nc3ccccc3Sc3ccccc3)o2)ccc1[N+](=O)[O-]. The van der Waals surface area contributed by atoms with E-state index < -0.39 is 4.92 Å². The molecule has 0 fully saturated rings. The van der Waals surface area contributed by atoms with Crippen molar-refractivity contribution in [3.63, 3.8) is 0 Å². The van der Waals surface area contributed by atoms with Crippen LogP contribution in [0.4, 0.5) is 11.4 Å². The fourth-order valence-corrected chi connectivity index (χ4v) is 4.04.